The van der Waals surface area contributed by atoms with Crippen molar-refractivity contribution < 1.29 is 18.0 Å². The summed E-state index contributed by atoms with van der Waals surface area (Å²) in [7, 11) is 0. The van der Waals surface area contributed by atoms with E-state index in [-0.39, 0.29) is 16.5 Å². The lowest BCUT2D eigenvalue weighted by molar-refractivity contribution is -0.137. The van der Waals surface area contributed by atoms with Gasteiger partial charge in [0.05, 0.1) is 22.0 Å². The highest BCUT2D eigenvalue weighted by molar-refractivity contribution is 7.99. The lowest BCUT2D eigenvalue weighted by Crippen LogP contribution is -2.15. The maximum atomic E-state index is 12.7. The molecule has 0 spiro atoms. The smallest absolute Gasteiger partial charge is 0.324 e. The lowest BCUT2D eigenvalue weighted by Gasteiger charge is -2.11. The van der Waals surface area contributed by atoms with E-state index in [2.05, 4.69) is 20.5 Å². The van der Waals surface area contributed by atoms with Crippen LogP contribution >= 0.6 is 23.4 Å². The van der Waals surface area contributed by atoms with Gasteiger partial charge in [0, 0.05) is 6.42 Å². The van der Waals surface area contributed by atoms with Gasteiger partial charge in [-0.25, -0.2) is 4.98 Å². The summed E-state index contributed by atoms with van der Waals surface area (Å²) in [5.41, 5.74) is -0.970. The van der Waals surface area contributed by atoms with Gasteiger partial charge in [0.2, 0.25) is 11.1 Å². The van der Waals surface area contributed by atoms with Gasteiger partial charge in [0.25, 0.3) is 0 Å². The van der Waals surface area contributed by atoms with Crippen LogP contribution in [0, 0.1) is 0 Å². The topological polar surface area (TPSA) is 70.7 Å². The number of amides is 1. The molecule has 1 aromatic carbocycles. The van der Waals surface area contributed by atoms with Crippen molar-refractivity contribution in [3.8, 4) is 0 Å². The van der Waals surface area contributed by atoms with Gasteiger partial charge in [-0.15, -0.1) is 5.10 Å². The van der Waals surface area contributed by atoms with Crippen LogP contribution in [0.15, 0.2) is 23.4 Å². The predicted octanol–water partition coefficient (Wildman–Crippen LogP) is 3.77. The third-order valence-electron chi connectivity index (χ3n) is 2.75. The third kappa shape index (κ3) is 4.87. The Morgan fingerprint density at radius 1 is 1.43 bits per heavy atom. The molecule has 0 saturated heterocycles. The fourth-order valence-corrected chi connectivity index (χ4v) is 2.40. The minimum atomic E-state index is -4.51. The zero-order valence-corrected chi connectivity index (χ0v) is 13.4. The number of H-pyrrole nitrogens is 1. The van der Waals surface area contributed by atoms with Crippen LogP contribution in [0.5, 0.6) is 0 Å². The Morgan fingerprint density at radius 3 is 2.78 bits per heavy atom. The van der Waals surface area contributed by atoms with Crippen LogP contribution in [0.2, 0.25) is 5.02 Å². The van der Waals surface area contributed by atoms with E-state index in [0.717, 1.165) is 30.0 Å². The number of carbonyl (C=O) groups excluding carboxylic acids is 1. The SMILES string of the molecule is CCc1nc(SCC(=O)Nc2cc(C(F)(F)F)ccc2Cl)n[nH]1. The first-order chi connectivity index (χ1) is 10.8. The summed E-state index contributed by atoms with van der Waals surface area (Å²) >= 11 is 6.88. The number of rotatable bonds is 5. The van der Waals surface area contributed by atoms with Crippen molar-refractivity contribution in [3.63, 3.8) is 0 Å². The Morgan fingerprint density at radius 2 is 2.17 bits per heavy atom. The average Bonchev–Trinajstić information content (AvgIpc) is 2.94. The van der Waals surface area contributed by atoms with Crippen LogP contribution in [0.4, 0.5) is 18.9 Å². The van der Waals surface area contributed by atoms with Crippen molar-refractivity contribution in [2.75, 3.05) is 11.1 Å². The van der Waals surface area contributed by atoms with Crippen molar-refractivity contribution >= 4 is 35.0 Å². The number of carbonyl (C=O) groups is 1. The first-order valence-electron chi connectivity index (χ1n) is 6.50. The van der Waals surface area contributed by atoms with E-state index in [1.54, 1.807) is 0 Å². The summed E-state index contributed by atoms with van der Waals surface area (Å²) in [6.45, 7) is 1.90. The van der Waals surface area contributed by atoms with Gasteiger partial charge in [-0.05, 0) is 18.2 Å². The second-order valence-electron chi connectivity index (χ2n) is 4.45. The van der Waals surface area contributed by atoms with E-state index in [1.807, 2.05) is 6.92 Å². The molecule has 2 N–H and O–H groups in total. The molecule has 0 aliphatic rings. The summed E-state index contributed by atoms with van der Waals surface area (Å²) in [5, 5.41) is 9.39. The van der Waals surface area contributed by atoms with Gasteiger partial charge in [-0.1, -0.05) is 30.3 Å². The molecule has 0 aliphatic heterocycles. The number of thioether (sulfide) groups is 1. The normalized spacial score (nSPS) is 11.5. The molecule has 124 valence electrons. The Labute approximate surface area is 139 Å². The number of aromatic nitrogens is 3. The van der Waals surface area contributed by atoms with Crippen molar-refractivity contribution in [2.24, 2.45) is 0 Å². The van der Waals surface area contributed by atoms with E-state index in [9.17, 15) is 18.0 Å². The molecule has 2 rings (SSSR count). The van der Waals surface area contributed by atoms with Gasteiger partial charge < -0.3 is 5.32 Å². The van der Waals surface area contributed by atoms with Gasteiger partial charge in [-0.2, -0.15) is 13.2 Å². The molecular weight excluding hydrogens is 353 g/mol. The predicted molar refractivity (Wildman–Crippen MR) is 81.6 cm³/mol. The molecule has 1 aromatic heterocycles. The molecule has 0 fully saturated rings. The zero-order valence-electron chi connectivity index (χ0n) is 11.9. The Kier molecular flexibility index (Phi) is 5.53. The minimum absolute atomic E-state index is 0.0301. The second kappa shape index (κ2) is 7.22. The summed E-state index contributed by atoms with van der Waals surface area (Å²) in [6, 6.07) is 2.75. The van der Waals surface area contributed by atoms with E-state index in [0.29, 0.717) is 17.4 Å². The molecule has 0 saturated carbocycles. The Balaban J connectivity index is 1.99. The molecule has 0 unspecified atom stereocenters. The largest absolute Gasteiger partial charge is 0.416 e. The maximum absolute atomic E-state index is 12.7. The number of alkyl halides is 3. The fraction of sp³-hybridized carbons (Fsp3) is 0.308. The van der Waals surface area contributed by atoms with Crippen LogP contribution in [0.1, 0.15) is 18.3 Å². The lowest BCUT2D eigenvalue weighted by atomic mass is 10.2. The van der Waals surface area contributed by atoms with E-state index >= 15 is 0 Å². The first-order valence-corrected chi connectivity index (χ1v) is 7.86. The number of benzene rings is 1. The quantitative estimate of drug-likeness (QED) is 0.792. The summed E-state index contributed by atoms with van der Waals surface area (Å²) < 4.78 is 38.0. The molecule has 0 aliphatic carbocycles. The van der Waals surface area contributed by atoms with Crippen LogP contribution in [-0.2, 0) is 17.4 Å². The van der Waals surface area contributed by atoms with E-state index < -0.39 is 17.6 Å². The van der Waals surface area contributed by atoms with Gasteiger partial charge in [0.15, 0.2) is 0 Å². The molecule has 2 aromatic rings. The molecule has 23 heavy (non-hydrogen) atoms. The molecule has 1 heterocycles. The van der Waals surface area contributed by atoms with E-state index in [1.165, 1.54) is 0 Å². The number of halogens is 4. The van der Waals surface area contributed by atoms with Crippen molar-refractivity contribution in [3.05, 3.63) is 34.6 Å². The minimum Gasteiger partial charge on any atom is -0.324 e. The molecule has 0 radical (unpaired) electrons. The highest BCUT2D eigenvalue weighted by Crippen LogP contribution is 2.33. The second-order valence-corrected chi connectivity index (χ2v) is 5.80. The number of anilines is 1. The highest BCUT2D eigenvalue weighted by Gasteiger charge is 2.31. The van der Waals surface area contributed by atoms with Crippen LogP contribution < -0.4 is 5.32 Å². The number of hydrogen-bond acceptors (Lipinski definition) is 4. The van der Waals surface area contributed by atoms with Crippen molar-refractivity contribution in [1.82, 2.24) is 15.2 Å². The van der Waals surface area contributed by atoms with Gasteiger partial charge >= 0.3 is 6.18 Å². The monoisotopic (exact) mass is 364 g/mol. The maximum Gasteiger partial charge on any atom is 0.416 e. The van der Waals surface area contributed by atoms with Crippen LogP contribution in [0.3, 0.4) is 0 Å². The molecular formula is C13H12ClF3N4OS. The van der Waals surface area contributed by atoms with Gasteiger partial charge in [-0.3, -0.25) is 9.89 Å². The van der Waals surface area contributed by atoms with Crippen molar-refractivity contribution in [1.29, 1.82) is 0 Å². The van der Waals surface area contributed by atoms with Crippen LogP contribution in [0.25, 0.3) is 0 Å². The van der Waals surface area contributed by atoms with E-state index in [4.69, 9.17) is 11.6 Å². The first kappa shape index (κ1) is 17.6. The third-order valence-corrected chi connectivity index (χ3v) is 3.92. The molecule has 1 amide bonds. The number of hydrogen-bond donors (Lipinski definition) is 2. The number of nitrogens with one attached hydrogen (secondary N) is 2. The summed E-state index contributed by atoms with van der Waals surface area (Å²) in [4.78, 5) is 16.0. The summed E-state index contributed by atoms with van der Waals surface area (Å²) in [5.74, 6) is 0.140. The highest BCUT2D eigenvalue weighted by atomic mass is 35.5. The zero-order chi connectivity index (χ0) is 17.0. The van der Waals surface area contributed by atoms with Crippen molar-refractivity contribution in [2.45, 2.75) is 24.7 Å². The summed E-state index contributed by atoms with van der Waals surface area (Å²) in [6.07, 6.45) is -3.83. The number of nitrogens with zero attached hydrogens (tertiary/aromatic N) is 2. The standard InChI is InChI=1S/C13H12ClF3N4OS/c1-2-10-19-12(21-20-10)23-6-11(22)18-9-5-7(13(15,16)17)3-4-8(9)14/h3-5H,2,6H2,1H3,(H,18,22)(H,19,20,21). The Bertz CT molecular complexity index is 705. The van der Waals surface area contributed by atoms with Crippen LogP contribution in [-0.4, -0.2) is 26.8 Å². The number of aryl methyl sites for hydroxylation is 1. The molecule has 5 nitrogen and oxygen atoms in total. The molecule has 10 heteroatoms. The molecule has 0 bridgehead atoms. The molecule has 0 atom stereocenters. The Hall–Kier alpha value is -1.74. The number of aromatic amines is 1. The van der Waals surface area contributed by atoms with Gasteiger partial charge in [0.1, 0.15) is 5.82 Å². The average molecular weight is 365 g/mol. The fourth-order valence-electron chi connectivity index (χ4n) is 1.61.